The van der Waals surface area contributed by atoms with Crippen LogP contribution in [0.4, 0.5) is 13.2 Å². The van der Waals surface area contributed by atoms with Gasteiger partial charge in [-0.15, -0.1) is 0 Å². The maximum absolute atomic E-state index is 13.4. The molecule has 5 heteroatoms. The van der Waals surface area contributed by atoms with Gasteiger partial charge in [0, 0.05) is 12.8 Å². The average Bonchev–Trinajstić information content (AvgIpc) is 2.60. The third kappa shape index (κ3) is 4.71. The monoisotopic (exact) mass is 360 g/mol. The lowest BCUT2D eigenvalue weighted by Gasteiger charge is -2.37. The van der Waals surface area contributed by atoms with E-state index >= 15 is 0 Å². The minimum absolute atomic E-state index is 0.155. The number of rotatable bonds is 3. The van der Waals surface area contributed by atoms with Crippen molar-refractivity contribution in [3.63, 3.8) is 0 Å². The molecule has 0 radical (unpaired) electrons. The van der Waals surface area contributed by atoms with Crippen molar-refractivity contribution >= 4 is 5.97 Å². The Labute approximate surface area is 148 Å². The Morgan fingerprint density at radius 1 is 0.800 bits per heavy atom. The van der Waals surface area contributed by atoms with Gasteiger partial charge < -0.3 is 4.74 Å². The summed E-state index contributed by atoms with van der Waals surface area (Å²) < 4.78 is 45.4. The van der Waals surface area contributed by atoms with Crippen molar-refractivity contribution in [2.45, 2.75) is 95.8 Å². The second kappa shape index (κ2) is 8.30. The minimum atomic E-state index is -2.08. The Bertz CT molecular complexity index is 430. The first kappa shape index (κ1) is 19.0. The Hall–Kier alpha value is -0.740. The SMILES string of the molecule is CC1CCC(C2CCC(C(=O)OC3CC(F)C(F)C(F)C3)CC2)CC1. The van der Waals surface area contributed by atoms with Gasteiger partial charge in [0.1, 0.15) is 18.4 Å². The molecule has 0 heterocycles. The van der Waals surface area contributed by atoms with Crippen LogP contribution in [-0.2, 0) is 9.53 Å². The van der Waals surface area contributed by atoms with Crippen molar-refractivity contribution in [3.05, 3.63) is 0 Å². The minimum Gasteiger partial charge on any atom is -0.462 e. The second-order valence-electron chi connectivity index (χ2n) is 8.64. The predicted molar refractivity (Wildman–Crippen MR) is 90.4 cm³/mol. The van der Waals surface area contributed by atoms with Gasteiger partial charge in [-0.25, -0.2) is 13.2 Å². The Kier molecular flexibility index (Phi) is 6.32. The first-order chi connectivity index (χ1) is 11.9. The number of halogens is 3. The number of carbonyl (C=O) groups is 1. The fourth-order valence-corrected chi connectivity index (χ4v) is 5.03. The maximum atomic E-state index is 13.4. The molecule has 3 aliphatic rings. The van der Waals surface area contributed by atoms with Gasteiger partial charge in [-0.3, -0.25) is 4.79 Å². The molecule has 144 valence electrons. The highest BCUT2D eigenvalue weighted by atomic mass is 19.2. The van der Waals surface area contributed by atoms with E-state index in [2.05, 4.69) is 6.92 Å². The van der Waals surface area contributed by atoms with Crippen LogP contribution in [-0.4, -0.2) is 30.6 Å². The third-order valence-corrected chi connectivity index (χ3v) is 6.78. The summed E-state index contributed by atoms with van der Waals surface area (Å²) in [6.45, 7) is 2.32. The van der Waals surface area contributed by atoms with Crippen LogP contribution in [0, 0.1) is 23.7 Å². The van der Waals surface area contributed by atoms with Crippen LogP contribution in [0.25, 0.3) is 0 Å². The largest absolute Gasteiger partial charge is 0.462 e. The van der Waals surface area contributed by atoms with Gasteiger partial charge in [0.15, 0.2) is 6.17 Å². The number of alkyl halides is 3. The molecule has 0 bridgehead atoms. The average molecular weight is 360 g/mol. The van der Waals surface area contributed by atoms with Crippen molar-refractivity contribution in [2.24, 2.45) is 23.7 Å². The summed E-state index contributed by atoms with van der Waals surface area (Å²) in [7, 11) is 0. The van der Waals surface area contributed by atoms with E-state index < -0.39 is 24.6 Å². The molecular weight excluding hydrogens is 329 g/mol. The van der Waals surface area contributed by atoms with Crippen LogP contribution < -0.4 is 0 Å². The van der Waals surface area contributed by atoms with Crippen molar-refractivity contribution in [2.75, 3.05) is 0 Å². The molecule has 3 rings (SSSR count). The number of esters is 1. The molecule has 0 aliphatic heterocycles. The summed E-state index contributed by atoms with van der Waals surface area (Å²) in [5.41, 5.74) is 0. The maximum Gasteiger partial charge on any atom is 0.309 e. The van der Waals surface area contributed by atoms with Crippen molar-refractivity contribution in [1.82, 2.24) is 0 Å². The molecule has 2 atom stereocenters. The molecule has 0 aromatic heterocycles. The van der Waals surface area contributed by atoms with Gasteiger partial charge in [0.2, 0.25) is 0 Å². The first-order valence-corrected chi connectivity index (χ1v) is 10.1. The van der Waals surface area contributed by atoms with Crippen LogP contribution in [0.2, 0.25) is 0 Å². The lowest BCUT2D eigenvalue weighted by molar-refractivity contribution is -0.161. The fourth-order valence-electron chi connectivity index (χ4n) is 5.03. The van der Waals surface area contributed by atoms with Crippen molar-refractivity contribution in [1.29, 1.82) is 0 Å². The molecule has 2 unspecified atom stereocenters. The number of carbonyl (C=O) groups excluding carboxylic acids is 1. The third-order valence-electron chi connectivity index (χ3n) is 6.78. The standard InChI is InChI=1S/C20H31F3O2/c1-12-2-4-13(5-3-12)14-6-8-15(9-7-14)20(24)25-16-10-17(21)19(23)18(22)11-16/h12-19H,2-11H2,1H3. The molecule has 3 saturated carbocycles. The summed E-state index contributed by atoms with van der Waals surface area (Å²) in [5.74, 6) is 1.87. The van der Waals surface area contributed by atoms with Crippen LogP contribution in [0.1, 0.15) is 71.1 Å². The normalized spacial score (nSPS) is 45.8. The molecule has 0 saturated heterocycles. The van der Waals surface area contributed by atoms with E-state index in [1.54, 1.807) is 0 Å². The summed E-state index contributed by atoms with van der Waals surface area (Å²) in [4.78, 5) is 12.3. The smallest absolute Gasteiger partial charge is 0.309 e. The van der Waals surface area contributed by atoms with E-state index in [-0.39, 0.29) is 24.7 Å². The summed E-state index contributed by atoms with van der Waals surface area (Å²) in [5, 5.41) is 0. The van der Waals surface area contributed by atoms with E-state index in [1.165, 1.54) is 25.7 Å². The molecule has 3 fully saturated rings. The van der Waals surface area contributed by atoms with Gasteiger partial charge in [-0.2, -0.15) is 0 Å². The number of ether oxygens (including phenoxy) is 1. The molecular formula is C20H31F3O2. The highest BCUT2D eigenvalue weighted by Crippen LogP contribution is 2.41. The van der Waals surface area contributed by atoms with E-state index in [9.17, 15) is 18.0 Å². The lowest BCUT2D eigenvalue weighted by Crippen LogP contribution is -2.42. The topological polar surface area (TPSA) is 26.3 Å². The zero-order valence-electron chi connectivity index (χ0n) is 15.1. The molecule has 2 nitrogen and oxygen atoms in total. The Morgan fingerprint density at radius 2 is 1.28 bits per heavy atom. The summed E-state index contributed by atoms with van der Waals surface area (Å²) >= 11 is 0. The molecule has 25 heavy (non-hydrogen) atoms. The predicted octanol–water partition coefficient (Wildman–Crippen LogP) is 5.34. The molecule has 0 aromatic rings. The quantitative estimate of drug-likeness (QED) is 0.635. The van der Waals surface area contributed by atoms with Crippen LogP contribution in [0.15, 0.2) is 0 Å². The molecule has 0 amide bonds. The number of hydrogen-bond donors (Lipinski definition) is 0. The van der Waals surface area contributed by atoms with E-state index in [1.807, 2.05) is 0 Å². The molecule has 0 N–H and O–H groups in total. The van der Waals surface area contributed by atoms with E-state index in [0.717, 1.165) is 37.5 Å². The van der Waals surface area contributed by atoms with E-state index in [4.69, 9.17) is 4.74 Å². The van der Waals surface area contributed by atoms with Gasteiger partial charge in [-0.05, 0) is 56.3 Å². The van der Waals surface area contributed by atoms with Crippen LogP contribution in [0.5, 0.6) is 0 Å². The zero-order chi connectivity index (χ0) is 18.0. The van der Waals surface area contributed by atoms with Gasteiger partial charge >= 0.3 is 5.97 Å². The van der Waals surface area contributed by atoms with Crippen LogP contribution in [0.3, 0.4) is 0 Å². The number of hydrogen-bond acceptors (Lipinski definition) is 2. The highest BCUT2D eigenvalue weighted by Gasteiger charge is 2.41. The Balaban J connectivity index is 1.42. The lowest BCUT2D eigenvalue weighted by atomic mass is 9.69. The first-order valence-electron chi connectivity index (χ1n) is 10.1. The van der Waals surface area contributed by atoms with Gasteiger partial charge in [-0.1, -0.05) is 19.8 Å². The molecule has 0 aromatic carbocycles. The van der Waals surface area contributed by atoms with Gasteiger partial charge in [0.25, 0.3) is 0 Å². The van der Waals surface area contributed by atoms with E-state index in [0.29, 0.717) is 5.92 Å². The van der Waals surface area contributed by atoms with Gasteiger partial charge in [0.05, 0.1) is 5.92 Å². The summed E-state index contributed by atoms with van der Waals surface area (Å²) in [6.07, 6.45) is 1.90. The highest BCUT2D eigenvalue weighted by molar-refractivity contribution is 5.72. The van der Waals surface area contributed by atoms with Crippen molar-refractivity contribution in [3.8, 4) is 0 Å². The molecule has 3 aliphatic carbocycles. The fraction of sp³-hybridized carbons (Fsp3) is 0.950. The molecule has 0 spiro atoms. The van der Waals surface area contributed by atoms with Crippen LogP contribution >= 0.6 is 0 Å². The second-order valence-corrected chi connectivity index (χ2v) is 8.64. The Morgan fingerprint density at radius 3 is 1.80 bits per heavy atom. The van der Waals surface area contributed by atoms with Crippen molar-refractivity contribution < 1.29 is 22.7 Å². The summed E-state index contributed by atoms with van der Waals surface area (Å²) in [6, 6.07) is 0. The zero-order valence-corrected chi connectivity index (χ0v) is 15.1.